The number of likely N-dealkylation sites (tertiary alicyclic amines) is 1. The van der Waals surface area contributed by atoms with E-state index in [9.17, 15) is 13.2 Å². The molecular formula is C17H19NO3S2. The van der Waals surface area contributed by atoms with Gasteiger partial charge < -0.3 is 4.90 Å². The molecular weight excluding hydrogens is 330 g/mol. The van der Waals surface area contributed by atoms with Crippen LogP contribution in [0.4, 0.5) is 0 Å². The van der Waals surface area contributed by atoms with Crippen LogP contribution in [0.25, 0.3) is 0 Å². The van der Waals surface area contributed by atoms with Gasteiger partial charge in [0.15, 0.2) is 9.84 Å². The maximum atomic E-state index is 12.6. The summed E-state index contributed by atoms with van der Waals surface area (Å²) < 4.78 is 25.3. The number of piperidine rings is 1. The van der Waals surface area contributed by atoms with E-state index in [0.29, 0.717) is 30.8 Å². The normalized spacial score (nSPS) is 16.5. The van der Waals surface area contributed by atoms with Gasteiger partial charge in [-0.15, -0.1) is 11.3 Å². The molecule has 1 aromatic carbocycles. The van der Waals surface area contributed by atoms with Gasteiger partial charge in [0.1, 0.15) is 0 Å². The Morgan fingerprint density at radius 2 is 1.83 bits per heavy atom. The minimum absolute atomic E-state index is 0.0126. The van der Waals surface area contributed by atoms with Crippen molar-refractivity contribution >= 4 is 27.1 Å². The van der Waals surface area contributed by atoms with Crippen molar-refractivity contribution < 1.29 is 13.2 Å². The second-order valence-corrected chi connectivity index (χ2v) is 8.98. The van der Waals surface area contributed by atoms with Gasteiger partial charge in [-0.3, -0.25) is 4.79 Å². The Morgan fingerprint density at radius 1 is 1.17 bits per heavy atom. The second kappa shape index (κ2) is 6.45. The van der Waals surface area contributed by atoms with Gasteiger partial charge in [0, 0.05) is 13.1 Å². The van der Waals surface area contributed by atoms with Crippen LogP contribution in [0.15, 0.2) is 46.7 Å². The molecule has 0 radical (unpaired) electrons. The van der Waals surface area contributed by atoms with Crippen LogP contribution in [0.3, 0.4) is 0 Å². The zero-order valence-corrected chi connectivity index (χ0v) is 14.6. The molecule has 1 saturated heterocycles. The van der Waals surface area contributed by atoms with Gasteiger partial charge in [0.2, 0.25) is 0 Å². The molecule has 23 heavy (non-hydrogen) atoms. The zero-order valence-electron chi connectivity index (χ0n) is 12.9. The van der Waals surface area contributed by atoms with E-state index in [-0.39, 0.29) is 5.91 Å². The first-order chi connectivity index (χ1) is 11.0. The molecule has 0 bridgehead atoms. The molecule has 122 valence electrons. The first-order valence-corrected chi connectivity index (χ1v) is 10.0. The van der Waals surface area contributed by atoms with Crippen molar-refractivity contribution in [3.8, 4) is 0 Å². The van der Waals surface area contributed by atoms with Crippen molar-refractivity contribution in [2.24, 2.45) is 0 Å². The number of benzene rings is 1. The lowest BCUT2D eigenvalue weighted by atomic mass is 10.1. The van der Waals surface area contributed by atoms with Gasteiger partial charge in [0.05, 0.1) is 15.0 Å². The van der Waals surface area contributed by atoms with E-state index in [1.54, 1.807) is 29.2 Å². The van der Waals surface area contributed by atoms with Crippen LogP contribution >= 0.6 is 11.3 Å². The van der Waals surface area contributed by atoms with Crippen LogP contribution in [0.2, 0.25) is 0 Å². The Bertz CT molecular complexity index is 788. The minimum atomic E-state index is -3.31. The molecule has 0 atom stereocenters. The Morgan fingerprint density at radius 3 is 2.39 bits per heavy atom. The second-order valence-electron chi connectivity index (χ2n) is 5.84. The average molecular weight is 349 g/mol. The third-order valence-electron chi connectivity index (χ3n) is 4.18. The summed E-state index contributed by atoms with van der Waals surface area (Å²) in [5.74, 6) is 0.0126. The van der Waals surface area contributed by atoms with Crippen molar-refractivity contribution in [3.05, 3.63) is 52.2 Å². The van der Waals surface area contributed by atoms with E-state index in [2.05, 4.69) is 0 Å². The highest BCUT2D eigenvalue weighted by Crippen LogP contribution is 2.26. The van der Waals surface area contributed by atoms with E-state index < -0.39 is 15.1 Å². The molecule has 0 spiro atoms. The fourth-order valence-electron chi connectivity index (χ4n) is 2.87. The summed E-state index contributed by atoms with van der Waals surface area (Å²) in [5.41, 5.74) is 1.08. The Hall–Kier alpha value is -1.66. The largest absolute Gasteiger partial charge is 0.338 e. The first-order valence-electron chi connectivity index (χ1n) is 7.62. The van der Waals surface area contributed by atoms with E-state index in [0.717, 1.165) is 10.4 Å². The fourth-order valence-corrected chi connectivity index (χ4v) is 5.49. The van der Waals surface area contributed by atoms with Crippen LogP contribution in [-0.2, 0) is 9.84 Å². The fraction of sp³-hybridized carbons (Fsp3) is 0.353. The quantitative estimate of drug-likeness (QED) is 0.855. The third-order valence-corrected chi connectivity index (χ3v) is 7.50. The van der Waals surface area contributed by atoms with Crippen LogP contribution < -0.4 is 0 Å². The summed E-state index contributed by atoms with van der Waals surface area (Å²) in [4.78, 5) is 15.3. The molecule has 1 fully saturated rings. The number of rotatable bonds is 3. The molecule has 4 nitrogen and oxygen atoms in total. The van der Waals surface area contributed by atoms with Gasteiger partial charge >= 0.3 is 0 Å². The molecule has 1 amide bonds. The van der Waals surface area contributed by atoms with E-state index in [4.69, 9.17) is 0 Å². The van der Waals surface area contributed by atoms with E-state index >= 15 is 0 Å². The van der Waals surface area contributed by atoms with Crippen molar-refractivity contribution in [3.63, 3.8) is 0 Å². The number of amides is 1. The summed E-state index contributed by atoms with van der Waals surface area (Å²) in [6.07, 6.45) is 0.987. The number of aryl methyl sites for hydroxylation is 1. The Kier molecular flexibility index (Phi) is 4.55. The van der Waals surface area contributed by atoms with Gasteiger partial charge in [-0.25, -0.2) is 8.42 Å². The highest BCUT2D eigenvalue weighted by Gasteiger charge is 2.33. The predicted octanol–water partition coefficient (Wildman–Crippen LogP) is 3.14. The number of thiophene rings is 1. The van der Waals surface area contributed by atoms with Gasteiger partial charge in [-0.1, -0.05) is 18.2 Å². The predicted molar refractivity (Wildman–Crippen MR) is 91.6 cm³/mol. The van der Waals surface area contributed by atoms with Crippen molar-refractivity contribution in [2.45, 2.75) is 29.9 Å². The monoisotopic (exact) mass is 349 g/mol. The lowest BCUT2D eigenvalue weighted by Crippen LogP contribution is -2.42. The molecule has 3 rings (SSSR count). The van der Waals surface area contributed by atoms with Crippen LogP contribution in [0, 0.1) is 6.92 Å². The van der Waals surface area contributed by atoms with Gasteiger partial charge in [0.25, 0.3) is 5.91 Å². The lowest BCUT2D eigenvalue weighted by Gasteiger charge is -2.31. The van der Waals surface area contributed by atoms with Gasteiger partial charge in [-0.05, 0) is 48.9 Å². The summed E-state index contributed by atoms with van der Waals surface area (Å²) in [6.45, 7) is 2.95. The number of hydrogen-bond acceptors (Lipinski definition) is 4. The highest BCUT2D eigenvalue weighted by atomic mass is 32.2. The van der Waals surface area contributed by atoms with Crippen LogP contribution in [0.1, 0.15) is 28.1 Å². The molecule has 1 aliphatic heterocycles. The van der Waals surface area contributed by atoms with Crippen LogP contribution in [0.5, 0.6) is 0 Å². The van der Waals surface area contributed by atoms with Gasteiger partial charge in [-0.2, -0.15) is 0 Å². The number of nitrogens with zero attached hydrogens (tertiary/aromatic N) is 1. The number of sulfone groups is 1. The summed E-state index contributed by atoms with van der Waals surface area (Å²) >= 11 is 1.45. The van der Waals surface area contributed by atoms with E-state index in [1.807, 2.05) is 24.4 Å². The van der Waals surface area contributed by atoms with Crippen molar-refractivity contribution in [1.82, 2.24) is 4.90 Å². The Balaban J connectivity index is 1.68. The van der Waals surface area contributed by atoms with Crippen molar-refractivity contribution in [2.75, 3.05) is 13.1 Å². The number of hydrogen-bond donors (Lipinski definition) is 0. The molecule has 1 aromatic heterocycles. The maximum absolute atomic E-state index is 12.6. The summed E-state index contributed by atoms with van der Waals surface area (Å²) in [5, 5.41) is 1.55. The van der Waals surface area contributed by atoms with Crippen LogP contribution in [-0.4, -0.2) is 37.6 Å². The first kappa shape index (κ1) is 16.2. The highest BCUT2D eigenvalue weighted by molar-refractivity contribution is 7.92. The average Bonchev–Trinajstić information content (AvgIpc) is 3.01. The molecule has 2 aromatic rings. The molecule has 0 unspecified atom stereocenters. The molecule has 0 saturated carbocycles. The SMILES string of the molecule is Cc1csc(C(=O)N2CCC(S(=O)(=O)c3ccccc3)CC2)c1. The maximum Gasteiger partial charge on any atom is 0.263 e. The zero-order chi connectivity index (χ0) is 16.4. The number of carbonyl (C=O) groups is 1. The molecule has 1 aliphatic rings. The third kappa shape index (κ3) is 3.33. The smallest absolute Gasteiger partial charge is 0.263 e. The summed E-state index contributed by atoms with van der Waals surface area (Å²) in [7, 11) is -3.31. The van der Waals surface area contributed by atoms with E-state index in [1.165, 1.54) is 11.3 Å². The number of carbonyl (C=O) groups excluding carboxylic acids is 1. The molecule has 2 heterocycles. The minimum Gasteiger partial charge on any atom is -0.338 e. The van der Waals surface area contributed by atoms with Crippen molar-refractivity contribution in [1.29, 1.82) is 0 Å². The molecule has 0 N–H and O–H groups in total. The lowest BCUT2D eigenvalue weighted by molar-refractivity contribution is 0.0730. The molecule has 6 heteroatoms. The topological polar surface area (TPSA) is 54.5 Å². The Labute approximate surface area is 140 Å². The summed E-state index contributed by atoms with van der Waals surface area (Å²) in [6, 6.07) is 10.5. The molecule has 0 aliphatic carbocycles. The standard InChI is InChI=1S/C17H19NO3S2/c1-13-11-16(22-12-13)17(19)18-9-7-15(8-10-18)23(20,21)14-5-3-2-4-6-14/h2-6,11-12,15H,7-10H2,1H3.